The zero-order valence-corrected chi connectivity index (χ0v) is 12.6. The minimum Gasteiger partial charge on any atom is -0.308 e. The summed E-state index contributed by atoms with van der Waals surface area (Å²) in [5.74, 6) is 5.84. The van der Waals surface area contributed by atoms with Crippen molar-refractivity contribution in [3.63, 3.8) is 0 Å². The number of pyridine rings is 1. The van der Waals surface area contributed by atoms with E-state index in [4.69, 9.17) is 5.84 Å². The van der Waals surface area contributed by atoms with E-state index in [0.717, 1.165) is 0 Å². The van der Waals surface area contributed by atoms with Crippen LogP contribution in [0, 0.1) is 5.92 Å². The van der Waals surface area contributed by atoms with Gasteiger partial charge in [0.25, 0.3) is 0 Å². The zero-order chi connectivity index (χ0) is 14.6. The predicted molar refractivity (Wildman–Crippen MR) is 75.9 cm³/mol. The van der Waals surface area contributed by atoms with Gasteiger partial charge in [-0.25, -0.2) is 19.2 Å². The maximum absolute atomic E-state index is 12.6. The number of hydrazine groups is 1. The van der Waals surface area contributed by atoms with Crippen molar-refractivity contribution in [2.75, 3.05) is 12.0 Å². The third-order valence-corrected chi connectivity index (χ3v) is 4.64. The van der Waals surface area contributed by atoms with Crippen LogP contribution in [0.1, 0.15) is 27.7 Å². The molecular formula is C12H22N4O2S. The van der Waals surface area contributed by atoms with Gasteiger partial charge in [0.2, 0.25) is 10.0 Å². The Labute approximate surface area is 115 Å². The van der Waals surface area contributed by atoms with Gasteiger partial charge in [0.1, 0.15) is 5.82 Å². The molecule has 108 valence electrons. The van der Waals surface area contributed by atoms with Crippen LogP contribution in [-0.2, 0) is 10.0 Å². The molecule has 0 aromatic carbocycles. The van der Waals surface area contributed by atoms with Crippen molar-refractivity contribution in [1.29, 1.82) is 0 Å². The molecule has 7 heteroatoms. The lowest BCUT2D eigenvalue weighted by atomic mass is 10.2. The molecule has 0 radical (unpaired) electrons. The van der Waals surface area contributed by atoms with Crippen LogP contribution in [0.3, 0.4) is 0 Å². The van der Waals surface area contributed by atoms with Crippen LogP contribution in [0.5, 0.6) is 0 Å². The summed E-state index contributed by atoms with van der Waals surface area (Å²) in [4.78, 5) is 4.12. The fourth-order valence-electron chi connectivity index (χ4n) is 1.73. The number of nitrogens with zero attached hydrogens (tertiary/aromatic N) is 2. The zero-order valence-electron chi connectivity index (χ0n) is 11.8. The van der Waals surface area contributed by atoms with E-state index in [-0.39, 0.29) is 16.9 Å². The Hall–Kier alpha value is -1.18. The standard InChI is InChI=1S/C12H22N4O2S/c1-9(2)8-16(10(3)4)19(17,18)11-5-6-14-12(7-11)15-13/h5-7,9-10H,8,13H2,1-4H3,(H,14,15). The van der Waals surface area contributed by atoms with Crippen molar-refractivity contribution in [3.05, 3.63) is 18.3 Å². The molecular weight excluding hydrogens is 264 g/mol. The fraction of sp³-hybridized carbons (Fsp3) is 0.583. The summed E-state index contributed by atoms with van der Waals surface area (Å²) in [6.07, 6.45) is 1.43. The van der Waals surface area contributed by atoms with E-state index in [0.29, 0.717) is 12.4 Å². The first-order chi connectivity index (χ1) is 8.78. The van der Waals surface area contributed by atoms with E-state index in [1.807, 2.05) is 27.7 Å². The number of rotatable bonds is 6. The molecule has 0 saturated carbocycles. The van der Waals surface area contributed by atoms with E-state index >= 15 is 0 Å². The molecule has 0 bridgehead atoms. The third kappa shape index (κ3) is 3.89. The SMILES string of the molecule is CC(C)CN(C(C)C)S(=O)(=O)c1ccnc(NN)c1. The molecule has 0 aliphatic rings. The van der Waals surface area contributed by atoms with Crippen LogP contribution in [0.25, 0.3) is 0 Å². The van der Waals surface area contributed by atoms with Gasteiger partial charge in [0, 0.05) is 24.8 Å². The van der Waals surface area contributed by atoms with E-state index in [9.17, 15) is 8.42 Å². The number of aromatic nitrogens is 1. The van der Waals surface area contributed by atoms with Gasteiger partial charge in [-0.15, -0.1) is 0 Å². The van der Waals surface area contributed by atoms with E-state index in [1.165, 1.54) is 22.6 Å². The fourth-order valence-corrected chi connectivity index (χ4v) is 3.55. The first kappa shape index (κ1) is 15.9. The second-order valence-electron chi connectivity index (χ2n) is 5.08. The van der Waals surface area contributed by atoms with Crippen LogP contribution in [0.15, 0.2) is 23.2 Å². The Morgan fingerprint density at radius 3 is 2.47 bits per heavy atom. The Bertz CT molecular complexity index is 514. The predicted octanol–water partition coefficient (Wildman–Crippen LogP) is 1.42. The molecule has 0 fully saturated rings. The van der Waals surface area contributed by atoms with Gasteiger partial charge in [-0.05, 0) is 25.8 Å². The van der Waals surface area contributed by atoms with Gasteiger partial charge in [-0.2, -0.15) is 4.31 Å². The Kier molecular flexibility index (Phi) is 5.28. The summed E-state index contributed by atoms with van der Waals surface area (Å²) in [5.41, 5.74) is 2.35. The molecule has 19 heavy (non-hydrogen) atoms. The quantitative estimate of drug-likeness (QED) is 0.610. The monoisotopic (exact) mass is 286 g/mol. The average molecular weight is 286 g/mol. The summed E-state index contributed by atoms with van der Waals surface area (Å²) in [6, 6.07) is 2.81. The molecule has 0 spiro atoms. The average Bonchev–Trinajstić information content (AvgIpc) is 2.35. The largest absolute Gasteiger partial charge is 0.308 e. The smallest absolute Gasteiger partial charge is 0.243 e. The van der Waals surface area contributed by atoms with Crippen molar-refractivity contribution < 1.29 is 8.42 Å². The molecule has 1 heterocycles. The molecule has 0 atom stereocenters. The minimum absolute atomic E-state index is 0.102. The van der Waals surface area contributed by atoms with Crippen molar-refractivity contribution in [2.24, 2.45) is 11.8 Å². The molecule has 1 aromatic rings. The Balaban J connectivity index is 3.18. The van der Waals surface area contributed by atoms with Crippen molar-refractivity contribution in [3.8, 4) is 0 Å². The maximum atomic E-state index is 12.6. The number of anilines is 1. The van der Waals surface area contributed by atoms with Crippen molar-refractivity contribution in [1.82, 2.24) is 9.29 Å². The summed E-state index contributed by atoms with van der Waals surface area (Å²) in [7, 11) is -3.53. The van der Waals surface area contributed by atoms with Crippen LogP contribution in [-0.4, -0.2) is 30.3 Å². The topological polar surface area (TPSA) is 88.3 Å². The van der Waals surface area contributed by atoms with Crippen LogP contribution in [0.2, 0.25) is 0 Å². The number of nitrogens with two attached hydrogens (primary N) is 1. The maximum Gasteiger partial charge on any atom is 0.243 e. The van der Waals surface area contributed by atoms with Gasteiger partial charge in [-0.3, -0.25) is 0 Å². The first-order valence-corrected chi connectivity index (χ1v) is 7.67. The lowest BCUT2D eigenvalue weighted by molar-refractivity contribution is 0.319. The molecule has 1 rings (SSSR count). The van der Waals surface area contributed by atoms with Gasteiger partial charge < -0.3 is 5.43 Å². The summed E-state index contributed by atoms with van der Waals surface area (Å²) in [6.45, 7) is 8.19. The second kappa shape index (κ2) is 6.31. The Morgan fingerprint density at radius 2 is 2.00 bits per heavy atom. The minimum atomic E-state index is -3.53. The molecule has 0 aliphatic heterocycles. The highest BCUT2D eigenvalue weighted by molar-refractivity contribution is 7.89. The van der Waals surface area contributed by atoms with Crippen molar-refractivity contribution >= 4 is 15.8 Å². The second-order valence-corrected chi connectivity index (χ2v) is 6.97. The van der Waals surface area contributed by atoms with E-state index in [1.54, 1.807) is 0 Å². The lowest BCUT2D eigenvalue weighted by Crippen LogP contribution is -2.39. The van der Waals surface area contributed by atoms with E-state index in [2.05, 4.69) is 10.4 Å². The number of nitrogen functional groups attached to an aromatic ring is 1. The molecule has 0 amide bonds. The molecule has 0 saturated heterocycles. The molecule has 1 aromatic heterocycles. The summed E-state index contributed by atoms with van der Waals surface area (Å²) in [5, 5.41) is 0. The van der Waals surface area contributed by atoms with Crippen LogP contribution >= 0.6 is 0 Å². The molecule has 6 nitrogen and oxygen atoms in total. The molecule has 0 unspecified atom stereocenters. The molecule has 3 N–H and O–H groups in total. The first-order valence-electron chi connectivity index (χ1n) is 6.23. The highest BCUT2D eigenvalue weighted by atomic mass is 32.2. The lowest BCUT2D eigenvalue weighted by Gasteiger charge is -2.27. The van der Waals surface area contributed by atoms with Crippen LogP contribution < -0.4 is 11.3 Å². The summed E-state index contributed by atoms with van der Waals surface area (Å²) < 4.78 is 26.7. The highest BCUT2D eigenvalue weighted by Crippen LogP contribution is 2.20. The van der Waals surface area contributed by atoms with Gasteiger partial charge in [-0.1, -0.05) is 13.8 Å². The number of sulfonamides is 1. The Morgan fingerprint density at radius 1 is 1.37 bits per heavy atom. The highest BCUT2D eigenvalue weighted by Gasteiger charge is 2.27. The van der Waals surface area contributed by atoms with Gasteiger partial charge in [0.05, 0.1) is 4.90 Å². The van der Waals surface area contributed by atoms with Crippen LogP contribution in [0.4, 0.5) is 5.82 Å². The normalized spacial score (nSPS) is 12.4. The van der Waals surface area contributed by atoms with Gasteiger partial charge >= 0.3 is 0 Å². The molecule has 0 aliphatic carbocycles. The third-order valence-electron chi connectivity index (χ3n) is 2.61. The van der Waals surface area contributed by atoms with E-state index < -0.39 is 10.0 Å². The number of hydrogen-bond acceptors (Lipinski definition) is 5. The number of hydrogen-bond donors (Lipinski definition) is 2. The summed E-state index contributed by atoms with van der Waals surface area (Å²) >= 11 is 0. The van der Waals surface area contributed by atoms with Crippen molar-refractivity contribution in [2.45, 2.75) is 38.6 Å². The van der Waals surface area contributed by atoms with Gasteiger partial charge in [0.15, 0.2) is 0 Å². The number of nitrogens with one attached hydrogen (secondary N) is 1.